The van der Waals surface area contributed by atoms with E-state index in [0.717, 1.165) is 16.7 Å². The number of aryl methyl sites for hydroxylation is 1. The number of rotatable bonds is 6. The van der Waals surface area contributed by atoms with Crippen molar-refractivity contribution in [1.29, 1.82) is 0 Å². The van der Waals surface area contributed by atoms with Crippen LogP contribution in [0.15, 0.2) is 41.5 Å². The molecular formula is C22H25N3O4. The van der Waals surface area contributed by atoms with Gasteiger partial charge < -0.3 is 14.8 Å². The highest BCUT2D eigenvalue weighted by molar-refractivity contribution is 6.02. The van der Waals surface area contributed by atoms with Crippen molar-refractivity contribution in [1.82, 2.24) is 5.43 Å². The summed E-state index contributed by atoms with van der Waals surface area (Å²) >= 11 is 0. The summed E-state index contributed by atoms with van der Waals surface area (Å²) in [6, 6.07) is 11.3. The summed E-state index contributed by atoms with van der Waals surface area (Å²) in [7, 11) is 0. The van der Waals surface area contributed by atoms with E-state index in [1.54, 1.807) is 19.1 Å². The molecule has 0 saturated heterocycles. The number of nitrogens with one attached hydrogen (secondary N) is 2. The van der Waals surface area contributed by atoms with E-state index in [4.69, 9.17) is 9.47 Å². The van der Waals surface area contributed by atoms with Gasteiger partial charge in [0.05, 0.1) is 11.4 Å². The van der Waals surface area contributed by atoms with Gasteiger partial charge in [0.15, 0.2) is 13.2 Å². The average molecular weight is 395 g/mol. The molecule has 0 spiro atoms. The predicted octanol–water partition coefficient (Wildman–Crippen LogP) is 3.37. The lowest BCUT2D eigenvalue weighted by Crippen LogP contribution is -2.26. The molecule has 7 heteroatoms. The molecule has 2 aromatic carbocycles. The molecule has 1 aliphatic heterocycles. The molecule has 0 radical (unpaired) electrons. The van der Waals surface area contributed by atoms with E-state index in [0.29, 0.717) is 28.8 Å². The van der Waals surface area contributed by atoms with Crippen LogP contribution in [0.4, 0.5) is 5.69 Å². The molecule has 0 bridgehead atoms. The highest BCUT2D eigenvalue weighted by Gasteiger charge is 2.16. The zero-order valence-corrected chi connectivity index (χ0v) is 17.0. The maximum absolute atomic E-state index is 12.2. The maximum Gasteiger partial charge on any atom is 0.277 e. The van der Waals surface area contributed by atoms with Gasteiger partial charge in [-0.25, -0.2) is 5.43 Å². The Morgan fingerprint density at radius 3 is 2.83 bits per heavy atom. The molecule has 3 rings (SSSR count). The Morgan fingerprint density at radius 2 is 2.07 bits per heavy atom. The van der Waals surface area contributed by atoms with Crippen LogP contribution in [-0.4, -0.2) is 30.7 Å². The molecule has 0 atom stereocenters. The fourth-order valence-electron chi connectivity index (χ4n) is 2.94. The van der Waals surface area contributed by atoms with E-state index >= 15 is 0 Å². The molecule has 1 heterocycles. The van der Waals surface area contributed by atoms with Gasteiger partial charge in [-0.05, 0) is 60.7 Å². The Labute approximate surface area is 170 Å². The standard InChI is InChI=1S/C22H25N3O4/c1-13(2)17-7-5-14(3)9-20(17)29-12-22(27)25-24-15(4)16-6-8-19-18(10-16)23-21(26)11-28-19/h5-10,13H,11-12H2,1-4H3,(H,23,26)(H,25,27)/b24-15-. The Bertz CT molecular complexity index is 967. The summed E-state index contributed by atoms with van der Waals surface area (Å²) in [5, 5.41) is 6.88. The van der Waals surface area contributed by atoms with E-state index in [1.807, 2.05) is 31.2 Å². The van der Waals surface area contributed by atoms with Crippen LogP contribution in [0.1, 0.15) is 43.4 Å². The summed E-state index contributed by atoms with van der Waals surface area (Å²) in [5.41, 5.74) is 6.58. The molecule has 0 aliphatic carbocycles. The van der Waals surface area contributed by atoms with E-state index in [-0.39, 0.29) is 25.0 Å². The van der Waals surface area contributed by atoms with Gasteiger partial charge in [-0.15, -0.1) is 0 Å². The highest BCUT2D eigenvalue weighted by Crippen LogP contribution is 2.29. The van der Waals surface area contributed by atoms with Crippen molar-refractivity contribution in [3.05, 3.63) is 53.1 Å². The fraction of sp³-hybridized carbons (Fsp3) is 0.318. The molecule has 152 valence electrons. The molecule has 0 fully saturated rings. The number of hydrogen-bond donors (Lipinski definition) is 2. The van der Waals surface area contributed by atoms with E-state index < -0.39 is 0 Å². The van der Waals surface area contributed by atoms with E-state index in [2.05, 4.69) is 29.7 Å². The number of amides is 2. The predicted molar refractivity (Wildman–Crippen MR) is 112 cm³/mol. The molecule has 2 N–H and O–H groups in total. The summed E-state index contributed by atoms with van der Waals surface area (Å²) in [4.78, 5) is 23.6. The first-order chi connectivity index (χ1) is 13.8. The second-order valence-corrected chi connectivity index (χ2v) is 7.26. The lowest BCUT2D eigenvalue weighted by atomic mass is 10.0. The first-order valence-corrected chi connectivity index (χ1v) is 9.47. The van der Waals surface area contributed by atoms with E-state index in [9.17, 15) is 9.59 Å². The quantitative estimate of drug-likeness (QED) is 0.580. The number of fused-ring (bicyclic) bond motifs is 1. The SMILES string of the molecule is C/C(=N/NC(=O)COc1cc(C)ccc1C(C)C)c1ccc2c(c1)NC(=O)CO2. The zero-order valence-electron chi connectivity index (χ0n) is 17.0. The third kappa shape index (κ3) is 5.13. The van der Waals surface area contributed by atoms with Crippen LogP contribution in [0.3, 0.4) is 0 Å². The number of benzene rings is 2. The van der Waals surface area contributed by atoms with Gasteiger partial charge in [0, 0.05) is 0 Å². The summed E-state index contributed by atoms with van der Waals surface area (Å²) in [5.74, 6) is 1.06. The number of carbonyl (C=O) groups is 2. The number of ether oxygens (including phenoxy) is 2. The van der Waals surface area contributed by atoms with Gasteiger partial charge in [0.1, 0.15) is 11.5 Å². The monoisotopic (exact) mass is 395 g/mol. The number of anilines is 1. The van der Waals surface area contributed by atoms with Crippen molar-refractivity contribution in [2.24, 2.45) is 5.10 Å². The molecule has 0 aromatic heterocycles. The van der Waals surface area contributed by atoms with Gasteiger partial charge >= 0.3 is 0 Å². The number of hydrogen-bond acceptors (Lipinski definition) is 5. The fourth-order valence-corrected chi connectivity index (χ4v) is 2.94. The third-order valence-corrected chi connectivity index (χ3v) is 4.53. The average Bonchev–Trinajstić information content (AvgIpc) is 2.69. The first kappa shape index (κ1) is 20.4. The van der Waals surface area contributed by atoms with Crippen molar-refractivity contribution < 1.29 is 19.1 Å². The van der Waals surface area contributed by atoms with Crippen LogP contribution >= 0.6 is 0 Å². The van der Waals surface area contributed by atoms with Gasteiger partial charge in [-0.1, -0.05) is 26.0 Å². The number of carbonyl (C=O) groups excluding carboxylic acids is 2. The molecule has 29 heavy (non-hydrogen) atoms. The molecule has 0 saturated carbocycles. The summed E-state index contributed by atoms with van der Waals surface area (Å²) < 4.78 is 11.1. The minimum Gasteiger partial charge on any atom is -0.483 e. The number of nitrogens with zero attached hydrogens (tertiary/aromatic N) is 1. The lowest BCUT2D eigenvalue weighted by molar-refractivity contribution is -0.123. The Hall–Kier alpha value is -3.35. The summed E-state index contributed by atoms with van der Waals surface area (Å²) in [6.45, 7) is 7.79. The minimum absolute atomic E-state index is 0.00887. The van der Waals surface area contributed by atoms with Crippen molar-refractivity contribution >= 4 is 23.2 Å². The van der Waals surface area contributed by atoms with Gasteiger partial charge in [0.25, 0.3) is 11.8 Å². The minimum atomic E-state index is -0.352. The Morgan fingerprint density at radius 1 is 1.28 bits per heavy atom. The van der Waals surface area contributed by atoms with Crippen LogP contribution in [0, 0.1) is 6.92 Å². The Kier molecular flexibility index (Phi) is 6.16. The van der Waals surface area contributed by atoms with Crippen molar-refractivity contribution in [2.75, 3.05) is 18.5 Å². The maximum atomic E-state index is 12.2. The molecule has 2 amide bonds. The van der Waals surface area contributed by atoms with Crippen LogP contribution in [0.5, 0.6) is 11.5 Å². The van der Waals surface area contributed by atoms with Crippen LogP contribution in [-0.2, 0) is 9.59 Å². The van der Waals surface area contributed by atoms with Gasteiger partial charge in [-0.3, -0.25) is 9.59 Å². The van der Waals surface area contributed by atoms with Gasteiger partial charge in [-0.2, -0.15) is 5.10 Å². The summed E-state index contributed by atoms with van der Waals surface area (Å²) in [6.07, 6.45) is 0. The van der Waals surface area contributed by atoms with Crippen molar-refractivity contribution in [3.63, 3.8) is 0 Å². The van der Waals surface area contributed by atoms with Crippen LogP contribution < -0.4 is 20.2 Å². The smallest absolute Gasteiger partial charge is 0.277 e. The third-order valence-electron chi connectivity index (χ3n) is 4.53. The normalized spacial score (nSPS) is 13.4. The molecule has 2 aromatic rings. The van der Waals surface area contributed by atoms with Crippen LogP contribution in [0.25, 0.3) is 0 Å². The molecular weight excluding hydrogens is 370 g/mol. The molecule has 1 aliphatic rings. The highest BCUT2D eigenvalue weighted by atomic mass is 16.5. The lowest BCUT2D eigenvalue weighted by Gasteiger charge is -2.18. The van der Waals surface area contributed by atoms with Crippen molar-refractivity contribution in [3.8, 4) is 11.5 Å². The second-order valence-electron chi connectivity index (χ2n) is 7.26. The molecule has 7 nitrogen and oxygen atoms in total. The van der Waals surface area contributed by atoms with Gasteiger partial charge in [0.2, 0.25) is 0 Å². The Balaban J connectivity index is 1.62. The van der Waals surface area contributed by atoms with Crippen LogP contribution in [0.2, 0.25) is 0 Å². The first-order valence-electron chi connectivity index (χ1n) is 9.47. The topological polar surface area (TPSA) is 89.0 Å². The van der Waals surface area contributed by atoms with E-state index in [1.165, 1.54) is 0 Å². The molecule has 0 unspecified atom stereocenters. The zero-order chi connectivity index (χ0) is 21.0. The number of hydrazone groups is 1. The largest absolute Gasteiger partial charge is 0.483 e. The van der Waals surface area contributed by atoms with Crippen molar-refractivity contribution in [2.45, 2.75) is 33.6 Å². The second kappa shape index (κ2) is 8.77.